The van der Waals surface area contributed by atoms with E-state index in [2.05, 4.69) is 19.2 Å². The Kier molecular flexibility index (Phi) is 4.45. The highest BCUT2D eigenvalue weighted by molar-refractivity contribution is 5.85. The van der Waals surface area contributed by atoms with Gasteiger partial charge in [-0.2, -0.15) is 0 Å². The molecule has 0 aliphatic carbocycles. The van der Waals surface area contributed by atoms with Gasteiger partial charge in [0.15, 0.2) is 0 Å². The van der Waals surface area contributed by atoms with E-state index in [0.29, 0.717) is 19.0 Å². The predicted octanol–water partition coefficient (Wildman–Crippen LogP) is 2.26. The van der Waals surface area contributed by atoms with E-state index < -0.39 is 0 Å². The molecule has 20 heavy (non-hydrogen) atoms. The second kappa shape index (κ2) is 6.09. The normalized spacial score (nSPS) is 12.8. The fraction of sp³-hybridized carbons (Fsp3) is 0.438. The molecule has 0 aliphatic rings. The molecule has 1 unspecified atom stereocenters. The standard InChI is InChI=1S/C16H23N3O/c1-11(2)12(3)18-15(20)10-19-8-7-13-5-4-6-14(9-17)16(13)19/h4-8,11-12H,9-10,17H2,1-3H3,(H,18,20). The van der Waals surface area contributed by atoms with E-state index in [4.69, 9.17) is 5.73 Å². The first-order chi connectivity index (χ1) is 9.52. The zero-order valence-electron chi connectivity index (χ0n) is 12.4. The lowest BCUT2D eigenvalue weighted by Gasteiger charge is -2.18. The monoisotopic (exact) mass is 273 g/mol. The number of aromatic nitrogens is 1. The molecule has 0 radical (unpaired) electrons. The predicted molar refractivity (Wildman–Crippen MR) is 82.3 cm³/mol. The highest BCUT2D eigenvalue weighted by Crippen LogP contribution is 2.20. The molecule has 2 aromatic rings. The third-order valence-electron chi connectivity index (χ3n) is 3.79. The third-order valence-corrected chi connectivity index (χ3v) is 3.79. The summed E-state index contributed by atoms with van der Waals surface area (Å²) in [5.41, 5.74) is 7.91. The van der Waals surface area contributed by atoms with Crippen LogP contribution in [0, 0.1) is 5.92 Å². The van der Waals surface area contributed by atoms with Crippen LogP contribution in [-0.4, -0.2) is 16.5 Å². The van der Waals surface area contributed by atoms with Crippen molar-refractivity contribution in [3.8, 4) is 0 Å². The summed E-state index contributed by atoms with van der Waals surface area (Å²) in [7, 11) is 0. The Hall–Kier alpha value is -1.81. The van der Waals surface area contributed by atoms with Crippen LogP contribution in [0.5, 0.6) is 0 Å². The number of amides is 1. The smallest absolute Gasteiger partial charge is 0.240 e. The molecule has 0 saturated carbocycles. The minimum Gasteiger partial charge on any atom is -0.352 e. The van der Waals surface area contributed by atoms with Gasteiger partial charge in [-0.1, -0.05) is 32.0 Å². The Labute approximate surface area is 120 Å². The summed E-state index contributed by atoms with van der Waals surface area (Å²) in [6.45, 7) is 7.04. The van der Waals surface area contributed by atoms with Crippen LogP contribution >= 0.6 is 0 Å². The molecule has 0 saturated heterocycles. The lowest BCUT2D eigenvalue weighted by molar-refractivity contribution is -0.122. The van der Waals surface area contributed by atoms with Crippen molar-refractivity contribution >= 4 is 16.8 Å². The van der Waals surface area contributed by atoms with Crippen molar-refractivity contribution in [1.82, 2.24) is 9.88 Å². The van der Waals surface area contributed by atoms with Crippen LogP contribution in [0.25, 0.3) is 10.9 Å². The topological polar surface area (TPSA) is 60.0 Å². The van der Waals surface area contributed by atoms with E-state index in [1.807, 2.05) is 42.0 Å². The SMILES string of the molecule is CC(C)C(C)NC(=O)Cn1ccc2cccc(CN)c21. The summed E-state index contributed by atoms with van der Waals surface area (Å²) in [4.78, 5) is 12.1. The Morgan fingerprint density at radius 1 is 1.30 bits per heavy atom. The first kappa shape index (κ1) is 14.6. The Balaban J connectivity index is 2.20. The van der Waals surface area contributed by atoms with Crippen molar-refractivity contribution in [2.24, 2.45) is 11.7 Å². The largest absolute Gasteiger partial charge is 0.352 e. The maximum Gasteiger partial charge on any atom is 0.240 e. The van der Waals surface area contributed by atoms with Gasteiger partial charge in [0.2, 0.25) is 5.91 Å². The molecule has 0 bridgehead atoms. The van der Waals surface area contributed by atoms with Crippen LogP contribution in [0.15, 0.2) is 30.5 Å². The fourth-order valence-corrected chi connectivity index (χ4v) is 2.26. The first-order valence-corrected chi connectivity index (χ1v) is 7.09. The molecule has 0 aliphatic heterocycles. The van der Waals surface area contributed by atoms with Gasteiger partial charge in [0.25, 0.3) is 0 Å². The molecule has 108 valence electrons. The van der Waals surface area contributed by atoms with E-state index in [9.17, 15) is 4.79 Å². The van der Waals surface area contributed by atoms with Crippen molar-refractivity contribution in [3.63, 3.8) is 0 Å². The summed E-state index contributed by atoms with van der Waals surface area (Å²) >= 11 is 0. The third kappa shape index (κ3) is 3.02. The number of fused-ring (bicyclic) bond motifs is 1. The molecule has 0 spiro atoms. The fourth-order valence-electron chi connectivity index (χ4n) is 2.26. The molecule has 4 heteroatoms. The van der Waals surface area contributed by atoms with E-state index in [1.165, 1.54) is 0 Å². The minimum absolute atomic E-state index is 0.0375. The second-order valence-electron chi connectivity index (χ2n) is 5.60. The lowest BCUT2D eigenvalue weighted by atomic mass is 10.1. The lowest BCUT2D eigenvalue weighted by Crippen LogP contribution is -2.38. The van der Waals surface area contributed by atoms with Crippen LogP contribution in [-0.2, 0) is 17.9 Å². The molecular formula is C16H23N3O. The summed E-state index contributed by atoms with van der Waals surface area (Å²) in [6.07, 6.45) is 1.95. The average molecular weight is 273 g/mol. The van der Waals surface area contributed by atoms with Crippen LogP contribution < -0.4 is 11.1 Å². The van der Waals surface area contributed by atoms with Crippen LogP contribution in [0.4, 0.5) is 0 Å². The van der Waals surface area contributed by atoms with Gasteiger partial charge < -0.3 is 15.6 Å². The van der Waals surface area contributed by atoms with Gasteiger partial charge in [0.1, 0.15) is 6.54 Å². The maximum absolute atomic E-state index is 12.1. The van der Waals surface area contributed by atoms with Crippen molar-refractivity contribution in [2.75, 3.05) is 0 Å². The number of hydrogen-bond donors (Lipinski definition) is 2. The van der Waals surface area contributed by atoms with Crippen LogP contribution in [0.1, 0.15) is 26.3 Å². The molecule has 1 atom stereocenters. The van der Waals surface area contributed by atoms with Gasteiger partial charge in [0.05, 0.1) is 5.52 Å². The van der Waals surface area contributed by atoms with Gasteiger partial charge in [-0.15, -0.1) is 0 Å². The molecule has 1 aromatic heterocycles. The number of para-hydroxylation sites is 1. The molecule has 0 fully saturated rings. The number of nitrogens with one attached hydrogen (secondary N) is 1. The van der Waals surface area contributed by atoms with Gasteiger partial charge in [-0.05, 0) is 29.9 Å². The molecule has 4 nitrogen and oxygen atoms in total. The zero-order chi connectivity index (χ0) is 14.7. The summed E-state index contributed by atoms with van der Waals surface area (Å²) in [6, 6.07) is 8.25. The van der Waals surface area contributed by atoms with Gasteiger partial charge in [-0.3, -0.25) is 4.79 Å². The first-order valence-electron chi connectivity index (χ1n) is 7.09. The molecule has 1 heterocycles. The van der Waals surface area contributed by atoms with Crippen LogP contribution in [0.2, 0.25) is 0 Å². The molecule has 1 amide bonds. The van der Waals surface area contributed by atoms with E-state index >= 15 is 0 Å². The number of nitrogens with zero attached hydrogens (tertiary/aromatic N) is 1. The molecule has 1 aromatic carbocycles. The molecule has 3 N–H and O–H groups in total. The van der Waals surface area contributed by atoms with Crippen molar-refractivity contribution in [3.05, 3.63) is 36.0 Å². The van der Waals surface area contributed by atoms with Gasteiger partial charge in [0, 0.05) is 18.8 Å². The number of hydrogen-bond acceptors (Lipinski definition) is 2. The summed E-state index contributed by atoms with van der Waals surface area (Å²) in [5, 5.41) is 4.15. The quantitative estimate of drug-likeness (QED) is 0.878. The van der Waals surface area contributed by atoms with Gasteiger partial charge in [-0.25, -0.2) is 0 Å². The highest BCUT2D eigenvalue weighted by Gasteiger charge is 2.13. The number of carbonyl (C=O) groups is 1. The molecular weight excluding hydrogens is 250 g/mol. The summed E-state index contributed by atoms with van der Waals surface area (Å²) < 4.78 is 1.97. The Morgan fingerprint density at radius 3 is 2.70 bits per heavy atom. The zero-order valence-corrected chi connectivity index (χ0v) is 12.4. The summed E-state index contributed by atoms with van der Waals surface area (Å²) in [5.74, 6) is 0.468. The van der Waals surface area contributed by atoms with Crippen molar-refractivity contribution in [2.45, 2.75) is 39.9 Å². The van der Waals surface area contributed by atoms with Crippen LogP contribution in [0.3, 0.4) is 0 Å². The second-order valence-corrected chi connectivity index (χ2v) is 5.60. The van der Waals surface area contributed by atoms with Crippen molar-refractivity contribution in [1.29, 1.82) is 0 Å². The minimum atomic E-state index is 0.0375. The number of carbonyl (C=O) groups excluding carboxylic acids is 1. The Bertz CT molecular complexity index is 601. The maximum atomic E-state index is 12.1. The number of benzene rings is 1. The Morgan fingerprint density at radius 2 is 2.05 bits per heavy atom. The highest BCUT2D eigenvalue weighted by atomic mass is 16.2. The van der Waals surface area contributed by atoms with E-state index in [0.717, 1.165) is 16.5 Å². The van der Waals surface area contributed by atoms with Crippen molar-refractivity contribution < 1.29 is 4.79 Å². The van der Waals surface area contributed by atoms with E-state index in [1.54, 1.807) is 0 Å². The number of rotatable bonds is 5. The van der Waals surface area contributed by atoms with E-state index in [-0.39, 0.29) is 11.9 Å². The average Bonchev–Trinajstić information content (AvgIpc) is 2.81. The van der Waals surface area contributed by atoms with Gasteiger partial charge >= 0.3 is 0 Å². The number of nitrogens with two attached hydrogens (primary N) is 1. The molecule has 2 rings (SSSR count).